The zero-order valence-electron chi connectivity index (χ0n) is 28.3. The van der Waals surface area contributed by atoms with Crippen LogP contribution in [0.15, 0.2) is 91.0 Å². The van der Waals surface area contributed by atoms with Gasteiger partial charge in [0.2, 0.25) is 0 Å². The van der Waals surface area contributed by atoms with E-state index in [4.69, 9.17) is 5.73 Å². The van der Waals surface area contributed by atoms with Crippen molar-refractivity contribution in [2.24, 2.45) is 5.73 Å². The predicted octanol–water partition coefficient (Wildman–Crippen LogP) is 9.39. The van der Waals surface area contributed by atoms with E-state index < -0.39 is 8.07 Å². The van der Waals surface area contributed by atoms with Gasteiger partial charge in [-0.25, -0.2) is 0 Å². The third kappa shape index (κ3) is 15.9. The standard InChI is InChI=1S/C22H25NSi.C18H39N.ClH/c1-23-18-11-19-24(20-12-5-2-6-13-20,21-14-7-3-8-15-21)22-16-9-4-10-17-22;1-2-3-4-5-6-7-8-9-10-11-12-13-14-15-16-17-18-19;/h2-10,12-17,23H,11,18-19H2,1H3;2-19H2,1H3;1H. The van der Waals surface area contributed by atoms with Crippen LogP contribution in [0.1, 0.15) is 116 Å². The lowest BCUT2D eigenvalue weighted by Crippen LogP contribution is -2.67. The second-order valence-corrected chi connectivity index (χ2v) is 16.3. The zero-order chi connectivity index (χ0) is 30.7. The van der Waals surface area contributed by atoms with Crippen molar-refractivity contribution >= 4 is 36.0 Å². The highest BCUT2D eigenvalue weighted by atomic mass is 35.5. The maximum Gasteiger partial charge on any atom is 0.148 e. The van der Waals surface area contributed by atoms with Gasteiger partial charge in [0.1, 0.15) is 8.07 Å². The highest BCUT2D eigenvalue weighted by Gasteiger charge is 2.38. The van der Waals surface area contributed by atoms with Gasteiger partial charge in [-0.2, -0.15) is 0 Å². The molecule has 3 N–H and O–H groups in total. The summed E-state index contributed by atoms with van der Waals surface area (Å²) in [5.74, 6) is 0. The number of nitrogens with one attached hydrogen (secondary N) is 1. The van der Waals surface area contributed by atoms with Gasteiger partial charge in [-0.3, -0.25) is 0 Å². The molecule has 44 heavy (non-hydrogen) atoms. The van der Waals surface area contributed by atoms with Gasteiger partial charge in [-0.05, 0) is 54.6 Å². The molecule has 0 aromatic heterocycles. The molecule has 3 rings (SSSR count). The average molecular weight is 638 g/mol. The van der Waals surface area contributed by atoms with E-state index in [2.05, 4.69) is 103 Å². The van der Waals surface area contributed by atoms with E-state index in [1.54, 1.807) is 0 Å². The molecule has 2 nitrogen and oxygen atoms in total. The number of rotatable bonds is 23. The molecule has 0 aliphatic heterocycles. The summed E-state index contributed by atoms with van der Waals surface area (Å²) in [6, 6.07) is 34.6. The van der Waals surface area contributed by atoms with E-state index in [-0.39, 0.29) is 12.4 Å². The van der Waals surface area contributed by atoms with Crippen LogP contribution >= 0.6 is 12.4 Å². The molecular weight excluding hydrogens is 572 g/mol. The Hall–Kier alpha value is -1.91. The Balaban J connectivity index is 0.000000444. The summed E-state index contributed by atoms with van der Waals surface area (Å²) in [5, 5.41) is 7.81. The SMILES string of the molecule is CCCCCCCCCCCCCCCCCCN.CNCCC[Si](c1ccccc1)(c1ccccc1)c1ccccc1.Cl. The van der Waals surface area contributed by atoms with Crippen molar-refractivity contribution in [2.45, 2.75) is 122 Å². The van der Waals surface area contributed by atoms with Gasteiger partial charge in [-0.1, -0.05) is 194 Å². The lowest BCUT2D eigenvalue weighted by atomic mass is 10.0. The van der Waals surface area contributed by atoms with Crippen molar-refractivity contribution in [3.8, 4) is 0 Å². The molecule has 0 aliphatic carbocycles. The van der Waals surface area contributed by atoms with Crippen LogP contribution in [0.25, 0.3) is 0 Å². The monoisotopic (exact) mass is 636 g/mol. The van der Waals surface area contributed by atoms with Crippen molar-refractivity contribution in [1.29, 1.82) is 0 Å². The summed E-state index contributed by atoms with van der Waals surface area (Å²) in [6.07, 6.45) is 24.0. The van der Waals surface area contributed by atoms with Gasteiger partial charge in [-0.15, -0.1) is 12.4 Å². The molecule has 0 unspecified atom stereocenters. The van der Waals surface area contributed by atoms with Crippen LogP contribution in [0.2, 0.25) is 6.04 Å². The third-order valence-electron chi connectivity index (χ3n) is 8.84. The van der Waals surface area contributed by atoms with Gasteiger partial charge in [0, 0.05) is 0 Å². The van der Waals surface area contributed by atoms with Crippen molar-refractivity contribution in [3.63, 3.8) is 0 Å². The number of hydrogen-bond donors (Lipinski definition) is 2. The van der Waals surface area contributed by atoms with Gasteiger partial charge in [0.15, 0.2) is 0 Å². The van der Waals surface area contributed by atoms with Crippen molar-refractivity contribution in [1.82, 2.24) is 5.32 Å². The van der Waals surface area contributed by atoms with Crippen LogP contribution in [0, 0.1) is 0 Å². The minimum atomic E-state index is -2.00. The molecule has 0 heterocycles. The lowest BCUT2D eigenvalue weighted by Gasteiger charge is -2.34. The average Bonchev–Trinajstić information content (AvgIpc) is 3.06. The fourth-order valence-corrected chi connectivity index (χ4v) is 11.2. The molecule has 4 heteroatoms. The Bertz CT molecular complexity index is 887. The quantitative estimate of drug-likeness (QED) is 0.0618. The Morgan fingerprint density at radius 3 is 1.09 bits per heavy atom. The molecule has 3 aromatic carbocycles. The minimum absolute atomic E-state index is 0. The molecule has 0 aliphatic rings. The normalized spacial score (nSPS) is 11.0. The van der Waals surface area contributed by atoms with E-state index in [9.17, 15) is 0 Å². The third-order valence-corrected chi connectivity index (χ3v) is 13.9. The van der Waals surface area contributed by atoms with Gasteiger partial charge in [0.25, 0.3) is 0 Å². The van der Waals surface area contributed by atoms with Gasteiger partial charge >= 0.3 is 0 Å². The highest BCUT2D eigenvalue weighted by molar-refractivity contribution is 7.11. The highest BCUT2D eigenvalue weighted by Crippen LogP contribution is 2.16. The van der Waals surface area contributed by atoms with Crippen molar-refractivity contribution in [3.05, 3.63) is 91.0 Å². The fourth-order valence-electron chi connectivity index (χ4n) is 6.32. The van der Waals surface area contributed by atoms with Crippen LogP contribution in [0.4, 0.5) is 0 Å². The van der Waals surface area contributed by atoms with Crippen LogP contribution in [0.5, 0.6) is 0 Å². The first kappa shape index (κ1) is 40.1. The molecular formula is C40H65ClN2Si. The van der Waals surface area contributed by atoms with Gasteiger partial charge in [0.05, 0.1) is 0 Å². The molecule has 0 radical (unpaired) electrons. The van der Waals surface area contributed by atoms with E-state index in [1.165, 1.54) is 131 Å². The number of unbranched alkanes of at least 4 members (excludes halogenated alkanes) is 15. The molecule has 0 fully saturated rings. The van der Waals surface area contributed by atoms with Crippen LogP contribution in [0.3, 0.4) is 0 Å². The summed E-state index contributed by atoms with van der Waals surface area (Å²) in [7, 11) is 0.0374. The molecule has 0 spiro atoms. The summed E-state index contributed by atoms with van der Waals surface area (Å²) in [4.78, 5) is 0. The topological polar surface area (TPSA) is 38.0 Å². The van der Waals surface area contributed by atoms with Crippen molar-refractivity contribution < 1.29 is 0 Å². The number of benzene rings is 3. The summed E-state index contributed by atoms with van der Waals surface area (Å²) >= 11 is 0. The van der Waals surface area contributed by atoms with E-state index in [0.29, 0.717) is 0 Å². The molecule has 0 atom stereocenters. The first-order valence-corrected chi connectivity index (χ1v) is 20.0. The summed E-state index contributed by atoms with van der Waals surface area (Å²) in [6.45, 7) is 4.22. The Labute approximate surface area is 279 Å². The second-order valence-electron chi connectivity index (χ2n) is 12.3. The lowest BCUT2D eigenvalue weighted by molar-refractivity contribution is 0.530. The zero-order valence-corrected chi connectivity index (χ0v) is 30.1. The first-order valence-electron chi connectivity index (χ1n) is 17.8. The Morgan fingerprint density at radius 1 is 0.477 bits per heavy atom. The van der Waals surface area contributed by atoms with Crippen molar-refractivity contribution in [2.75, 3.05) is 20.1 Å². The van der Waals surface area contributed by atoms with Crippen LogP contribution in [-0.2, 0) is 0 Å². The van der Waals surface area contributed by atoms with E-state index in [0.717, 1.165) is 13.1 Å². The molecule has 0 saturated carbocycles. The van der Waals surface area contributed by atoms with Crippen LogP contribution in [-0.4, -0.2) is 28.2 Å². The molecule has 0 saturated heterocycles. The summed E-state index contributed by atoms with van der Waals surface area (Å²) < 4.78 is 0. The molecule has 3 aromatic rings. The van der Waals surface area contributed by atoms with Gasteiger partial charge < -0.3 is 11.1 Å². The number of hydrogen-bond acceptors (Lipinski definition) is 2. The number of halogens is 1. The Kier molecular flexibility index (Phi) is 25.0. The molecule has 0 bridgehead atoms. The largest absolute Gasteiger partial charge is 0.330 e. The first-order chi connectivity index (χ1) is 21.3. The van der Waals surface area contributed by atoms with E-state index >= 15 is 0 Å². The van der Waals surface area contributed by atoms with Crippen LogP contribution < -0.4 is 26.6 Å². The Morgan fingerprint density at radius 2 is 0.795 bits per heavy atom. The number of nitrogens with two attached hydrogens (primary N) is 1. The molecule has 0 amide bonds. The summed E-state index contributed by atoms with van der Waals surface area (Å²) in [5.41, 5.74) is 5.48. The maximum absolute atomic E-state index is 5.48. The smallest absolute Gasteiger partial charge is 0.148 e. The fraction of sp³-hybridized carbons (Fsp3) is 0.550. The predicted molar refractivity (Wildman–Crippen MR) is 203 cm³/mol. The maximum atomic E-state index is 5.48. The van der Waals surface area contributed by atoms with E-state index in [1.807, 2.05) is 7.05 Å². The second kappa shape index (κ2) is 27.4. The molecule has 246 valence electrons. The minimum Gasteiger partial charge on any atom is -0.330 e.